The maximum absolute atomic E-state index is 12.9. The molecule has 1 saturated heterocycles. The molecule has 0 aliphatic carbocycles. The minimum absolute atomic E-state index is 0.0991. The number of carbonyl (C=O) groups is 1. The predicted octanol–water partition coefficient (Wildman–Crippen LogP) is 4.03. The molecule has 3 aliphatic heterocycles. The Morgan fingerprint density at radius 1 is 1.20 bits per heavy atom. The van der Waals surface area contributed by atoms with E-state index in [-0.39, 0.29) is 11.9 Å². The molecule has 0 N–H and O–H groups in total. The van der Waals surface area contributed by atoms with E-state index in [9.17, 15) is 4.79 Å². The summed E-state index contributed by atoms with van der Waals surface area (Å²) in [5.41, 5.74) is 2.41. The van der Waals surface area contributed by atoms with Crippen LogP contribution in [0.3, 0.4) is 0 Å². The molecule has 2 aromatic rings. The normalized spacial score (nSPS) is 21.8. The summed E-state index contributed by atoms with van der Waals surface area (Å²) in [7, 11) is 0. The van der Waals surface area contributed by atoms with Crippen molar-refractivity contribution in [3.63, 3.8) is 0 Å². The van der Waals surface area contributed by atoms with Gasteiger partial charge in [-0.3, -0.25) is 9.69 Å². The van der Waals surface area contributed by atoms with Crippen LogP contribution in [0.25, 0.3) is 6.08 Å². The zero-order chi connectivity index (χ0) is 20.5. The highest BCUT2D eigenvalue weighted by atomic mass is 16.5. The minimum atomic E-state index is -0.0991. The Hall–Kier alpha value is -2.83. The van der Waals surface area contributed by atoms with Crippen molar-refractivity contribution in [2.75, 3.05) is 26.5 Å². The van der Waals surface area contributed by atoms with Crippen LogP contribution in [0.15, 0.2) is 42.2 Å². The number of benzene rings is 2. The Kier molecular flexibility index (Phi) is 5.19. The van der Waals surface area contributed by atoms with Gasteiger partial charge < -0.3 is 18.9 Å². The topological polar surface area (TPSA) is 57.2 Å². The number of hydrogen-bond donors (Lipinski definition) is 0. The smallest absolute Gasteiger partial charge is 0.231 e. The summed E-state index contributed by atoms with van der Waals surface area (Å²) in [4.78, 5) is 15.1. The third-order valence-electron chi connectivity index (χ3n) is 5.66. The number of hydrogen-bond acceptors (Lipinski definition) is 6. The van der Waals surface area contributed by atoms with Gasteiger partial charge in [0.1, 0.15) is 24.0 Å². The second-order valence-electron chi connectivity index (χ2n) is 7.78. The molecule has 2 aromatic carbocycles. The van der Waals surface area contributed by atoms with E-state index in [0.29, 0.717) is 37.0 Å². The number of ketones is 1. The molecule has 3 heterocycles. The van der Waals surface area contributed by atoms with Crippen molar-refractivity contribution in [3.05, 3.63) is 58.8 Å². The Bertz CT molecular complexity index is 976. The van der Waals surface area contributed by atoms with E-state index in [4.69, 9.17) is 18.9 Å². The first-order chi connectivity index (χ1) is 14.7. The quantitative estimate of drug-likeness (QED) is 0.698. The Morgan fingerprint density at radius 3 is 2.83 bits per heavy atom. The Balaban J connectivity index is 1.37. The van der Waals surface area contributed by atoms with E-state index in [2.05, 4.69) is 4.90 Å². The summed E-state index contributed by atoms with van der Waals surface area (Å²) < 4.78 is 23.2. The molecule has 0 saturated carbocycles. The van der Waals surface area contributed by atoms with Gasteiger partial charge in [0, 0.05) is 19.7 Å². The molecule has 0 bridgehead atoms. The predicted molar refractivity (Wildman–Crippen MR) is 112 cm³/mol. The molecule has 0 spiro atoms. The number of Topliss-reactive ketones (excluding diaryl/α,β-unsaturated/α-hetero) is 1. The van der Waals surface area contributed by atoms with Gasteiger partial charge in [0.05, 0.1) is 23.8 Å². The van der Waals surface area contributed by atoms with Crippen LogP contribution < -0.4 is 14.2 Å². The first-order valence-electron chi connectivity index (χ1n) is 10.5. The molecule has 1 unspecified atom stereocenters. The Labute approximate surface area is 176 Å². The molecule has 30 heavy (non-hydrogen) atoms. The number of fused-ring (bicyclic) bond motifs is 3. The molecule has 1 fully saturated rings. The van der Waals surface area contributed by atoms with Gasteiger partial charge in [-0.05, 0) is 55.7 Å². The summed E-state index contributed by atoms with van der Waals surface area (Å²) in [6.07, 6.45) is 4.23. The first kappa shape index (κ1) is 19.2. The number of nitrogens with zero attached hydrogens (tertiary/aromatic N) is 1. The first-order valence-corrected chi connectivity index (χ1v) is 10.5. The maximum Gasteiger partial charge on any atom is 0.231 e. The van der Waals surface area contributed by atoms with Gasteiger partial charge in [-0.2, -0.15) is 0 Å². The monoisotopic (exact) mass is 407 g/mol. The highest BCUT2D eigenvalue weighted by molar-refractivity contribution is 6.15. The van der Waals surface area contributed by atoms with Crippen molar-refractivity contribution >= 4 is 11.9 Å². The second-order valence-corrected chi connectivity index (χ2v) is 7.78. The van der Waals surface area contributed by atoms with Crippen LogP contribution >= 0.6 is 0 Å². The fourth-order valence-corrected chi connectivity index (χ4v) is 4.18. The third-order valence-corrected chi connectivity index (χ3v) is 5.66. The van der Waals surface area contributed by atoms with Crippen molar-refractivity contribution in [2.24, 2.45) is 0 Å². The van der Waals surface area contributed by atoms with Crippen LogP contribution in [0, 0.1) is 0 Å². The standard InChI is InChI=1S/C24H25NO5/c1-2-27-17-7-5-16(6-8-17)12-22-23(26)19-9-10-21-20(24(19)30-22)14-25(15-29-21)13-18-4-3-11-28-18/h5-10,12,18H,2-4,11,13-15H2,1H3/b22-12-. The number of ether oxygens (including phenoxy) is 4. The largest absolute Gasteiger partial charge is 0.494 e. The van der Waals surface area contributed by atoms with Crippen molar-refractivity contribution < 1.29 is 23.7 Å². The van der Waals surface area contributed by atoms with Crippen molar-refractivity contribution in [1.29, 1.82) is 0 Å². The molecule has 5 rings (SSSR count). The van der Waals surface area contributed by atoms with E-state index in [1.165, 1.54) is 0 Å². The SMILES string of the molecule is CCOc1ccc(/C=C2\Oc3c(ccc4c3CN(CC3CCCO3)CO4)C2=O)cc1. The number of allylic oxidation sites excluding steroid dienone is 1. The average Bonchev–Trinajstić information content (AvgIpc) is 3.38. The van der Waals surface area contributed by atoms with Gasteiger partial charge in [-0.1, -0.05) is 12.1 Å². The fraction of sp³-hybridized carbons (Fsp3) is 0.375. The summed E-state index contributed by atoms with van der Waals surface area (Å²) in [5, 5.41) is 0. The summed E-state index contributed by atoms with van der Waals surface area (Å²) in [5.74, 6) is 2.44. The lowest BCUT2D eigenvalue weighted by atomic mass is 10.0. The molecular weight excluding hydrogens is 382 g/mol. The number of carbonyl (C=O) groups excluding carboxylic acids is 1. The summed E-state index contributed by atoms with van der Waals surface area (Å²) >= 11 is 0. The van der Waals surface area contributed by atoms with Gasteiger partial charge in [0.15, 0.2) is 5.76 Å². The summed E-state index contributed by atoms with van der Waals surface area (Å²) in [6, 6.07) is 11.3. The molecule has 0 radical (unpaired) electrons. The number of rotatable bonds is 5. The minimum Gasteiger partial charge on any atom is -0.494 e. The second kappa shape index (κ2) is 8.13. The van der Waals surface area contributed by atoms with Gasteiger partial charge in [0.25, 0.3) is 0 Å². The molecule has 0 amide bonds. The van der Waals surface area contributed by atoms with Crippen LogP contribution in [0.4, 0.5) is 0 Å². The molecule has 0 aromatic heterocycles. The molecular formula is C24H25NO5. The van der Waals surface area contributed by atoms with E-state index in [1.807, 2.05) is 37.3 Å². The van der Waals surface area contributed by atoms with E-state index in [1.54, 1.807) is 12.1 Å². The van der Waals surface area contributed by atoms with Gasteiger partial charge in [-0.15, -0.1) is 0 Å². The van der Waals surface area contributed by atoms with E-state index >= 15 is 0 Å². The van der Waals surface area contributed by atoms with Crippen molar-refractivity contribution in [3.8, 4) is 17.2 Å². The van der Waals surface area contributed by atoms with Crippen molar-refractivity contribution in [1.82, 2.24) is 4.90 Å². The highest BCUT2D eigenvalue weighted by Gasteiger charge is 2.34. The Morgan fingerprint density at radius 2 is 2.07 bits per heavy atom. The van der Waals surface area contributed by atoms with E-state index < -0.39 is 0 Å². The summed E-state index contributed by atoms with van der Waals surface area (Å²) in [6.45, 7) is 5.43. The molecule has 156 valence electrons. The molecule has 1 atom stereocenters. The van der Waals surface area contributed by atoms with Gasteiger partial charge >= 0.3 is 0 Å². The average molecular weight is 407 g/mol. The fourth-order valence-electron chi connectivity index (χ4n) is 4.18. The van der Waals surface area contributed by atoms with E-state index in [0.717, 1.165) is 48.6 Å². The van der Waals surface area contributed by atoms with Crippen LogP contribution in [-0.4, -0.2) is 43.3 Å². The van der Waals surface area contributed by atoms with Crippen LogP contribution in [0.2, 0.25) is 0 Å². The van der Waals surface area contributed by atoms with Crippen LogP contribution in [0.1, 0.15) is 41.3 Å². The van der Waals surface area contributed by atoms with Gasteiger partial charge in [0.2, 0.25) is 5.78 Å². The molecule has 6 nitrogen and oxygen atoms in total. The maximum atomic E-state index is 12.9. The highest BCUT2D eigenvalue weighted by Crippen LogP contribution is 2.42. The van der Waals surface area contributed by atoms with Crippen molar-refractivity contribution in [2.45, 2.75) is 32.4 Å². The zero-order valence-corrected chi connectivity index (χ0v) is 17.1. The van der Waals surface area contributed by atoms with Crippen LogP contribution in [0.5, 0.6) is 17.2 Å². The lowest BCUT2D eigenvalue weighted by Gasteiger charge is -2.31. The lowest BCUT2D eigenvalue weighted by Crippen LogP contribution is -2.37. The molecule has 6 heteroatoms. The van der Waals surface area contributed by atoms with Crippen LogP contribution in [-0.2, 0) is 11.3 Å². The lowest BCUT2D eigenvalue weighted by molar-refractivity contribution is 0.0274. The zero-order valence-electron chi connectivity index (χ0n) is 17.1. The molecule has 3 aliphatic rings. The third kappa shape index (κ3) is 3.68. The van der Waals surface area contributed by atoms with Gasteiger partial charge in [-0.25, -0.2) is 0 Å².